The third-order valence-electron chi connectivity index (χ3n) is 7.86. The number of H-pyrrole nitrogens is 1. The average molecular weight is 580 g/mol. The molecule has 2 N–H and O–H groups in total. The molecular formula is C27H24ClF2N9O2. The molecule has 41 heavy (non-hydrogen) atoms. The molecule has 0 saturated carbocycles. The van der Waals surface area contributed by atoms with Crippen LogP contribution in [0.15, 0.2) is 43.0 Å². The van der Waals surface area contributed by atoms with E-state index in [9.17, 15) is 4.79 Å². The lowest BCUT2D eigenvalue weighted by Crippen LogP contribution is -2.39. The molecule has 0 bridgehead atoms. The van der Waals surface area contributed by atoms with Crippen LogP contribution in [0.25, 0.3) is 22.5 Å². The molecule has 0 aliphatic carbocycles. The number of pyridine rings is 1. The molecule has 3 aliphatic rings. The Kier molecular flexibility index (Phi) is 6.47. The largest absolute Gasteiger partial charge is 0.379 e. The number of hydrogen-bond donors (Lipinski definition) is 2. The summed E-state index contributed by atoms with van der Waals surface area (Å²) in [5.74, 6) is -0.660. The van der Waals surface area contributed by atoms with Crippen LogP contribution in [0.1, 0.15) is 43.1 Å². The van der Waals surface area contributed by atoms with Gasteiger partial charge in [0.25, 0.3) is 0 Å². The van der Waals surface area contributed by atoms with E-state index in [1.165, 1.54) is 23.2 Å². The summed E-state index contributed by atoms with van der Waals surface area (Å²) in [6.45, 7) is 1.14. The molecule has 2 fully saturated rings. The van der Waals surface area contributed by atoms with Gasteiger partial charge in [-0.15, -0.1) is 5.10 Å². The van der Waals surface area contributed by atoms with Crippen molar-refractivity contribution in [2.24, 2.45) is 0 Å². The lowest BCUT2D eigenvalue weighted by atomic mass is 9.92. The number of imidazole rings is 1. The summed E-state index contributed by atoms with van der Waals surface area (Å²) in [4.78, 5) is 27.2. The standard InChI is InChI=1S/C27H24ClF2N9O2/c28-18-2-4-20(38-13-33-36-37-38)23(25(18)30)14-9-16-1-3-21(39(16)22(40)10-14)26-32-11-19(35-26)17-5-7-31-27(24(17)29)34-15-6-8-41-12-15/h2,4-5,7,10-11,13,15-16,21H,1,3,6,8-9,12H2,(H,31,34)(H,32,35)/t15-,16+,21-/m0/s1. The second-order valence-electron chi connectivity index (χ2n) is 10.3. The number of hydrogen-bond acceptors (Lipinski definition) is 8. The molecule has 2 saturated heterocycles. The molecule has 4 aromatic rings. The van der Waals surface area contributed by atoms with Crippen LogP contribution in [0.5, 0.6) is 0 Å². The molecule has 210 valence electrons. The number of fused-ring (bicyclic) bond motifs is 1. The molecule has 3 atom stereocenters. The van der Waals surface area contributed by atoms with Crippen molar-refractivity contribution in [2.45, 2.75) is 43.8 Å². The zero-order valence-electron chi connectivity index (χ0n) is 21.6. The first-order valence-electron chi connectivity index (χ1n) is 13.3. The van der Waals surface area contributed by atoms with Gasteiger partial charge in [0, 0.05) is 36.0 Å². The molecule has 14 heteroatoms. The van der Waals surface area contributed by atoms with Crippen LogP contribution in [-0.2, 0) is 9.53 Å². The van der Waals surface area contributed by atoms with Crippen molar-refractivity contribution in [3.05, 3.63) is 71.0 Å². The fourth-order valence-corrected chi connectivity index (χ4v) is 6.10. The summed E-state index contributed by atoms with van der Waals surface area (Å²) in [7, 11) is 0. The molecule has 11 nitrogen and oxygen atoms in total. The van der Waals surface area contributed by atoms with Crippen molar-refractivity contribution < 1.29 is 18.3 Å². The number of halogens is 3. The molecule has 0 spiro atoms. The molecule has 1 amide bonds. The Labute approximate surface area is 237 Å². The topological polar surface area (TPSA) is 127 Å². The number of rotatable bonds is 6. The maximum absolute atomic E-state index is 15.4. The van der Waals surface area contributed by atoms with E-state index >= 15 is 8.78 Å². The van der Waals surface area contributed by atoms with Gasteiger partial charge in [-0.2, -0.15) is 4.68 Å². The van der Waals surface area contributed by atoms with Gasteiger partial charge in [0.15, 0.2) is 17.5 Å². The lowest BCUT2D eigenvalue weighted by Gasteiger charge is -2.33. The second-order valence-corrected chi connectivity index (χ2v) is 10.7. The Hall–Kier alpha value is -4.23. The molecule has 0 radical (unpaired) electrons. The van der Waals surface area contributed by atoms with Gasteiger partial charge in [0.2, 0.25) is 5.91 Å². The number of benzene rings is 1. The number of amides is 1. The van der Waals surface area contributed by atoms with Crippen LogP contribution >= 0.6 is 11.6 Å². The van der Waals surface area contributed by atoms with E-state index in [1.54, 1.807) is 29.4 Å². The molecule has 3 aliphatic heterocycles. The number of ether oxygens (including phenoxy) is 1. The van der Waals surface area contributed by atoms with Gasteiger partial charge < -0.3 is 19.9 Å². The van der Waals surface area contributed by atoms with Crippen molar-refractivity contribution in [1.29, 1.82) is 0 Å². The number of nitrogens with one attached hydrogen (secondary N) is 2. The van der Waals surface area contributed by atoms with Gasteiger partial charge in [-0.3, -0.25) is 4.79 Å². The monoisotopic (exact) mass is 579 g/mol. The summed E-state index contributed by atoms with van der Waals surface area (Å²) in [6, 6.07) is 4.14. The van der Waals surface area contributed by atoms with Gasteiger partial charge >= 0.3 is 0 Å². The highest BCUT2D eigenvalue weighted by molar-refractivity contribution is 6.31. The van der Waals surface area contributed by atoms with Crippen molar-refractivity contribution in [3.63, 3.8) is 0 Å². The minimum atomic E-state index is -0.633. The Morgan fingerprint density at radius 3 is 2.83 bits per heavy atom. The normalized spacial score (nSPS) is 22.2. The predicted octanol–water partition coefficient (Wildman–Crippen LogP) is 4.10. The minimum absolute atomic E-state index is 0.00685. The van der Waals surface area contributed by atoms with Gasteiger partial charge in [0.1, 0.15) is 12.2 Å². The Balaban J connectivity index is 1.16. The number of tetrazole rings is 1. The maximum Gasteiger partial charge on any atom is 0.247 e. The van der Waals surface area contributed by atoms with Gasteiger partial charge in [0.05, 0.1) is 41.3 Å². The highest BCUT2D eigenvalue weighted by atomic mass is 35.5. The molecular weight excluding hydrogens is 556 g/mol. The van der Waals surface area contributed by atoms with Crippen LogP contribution in [-0.4, -0.2) is 71.3 Å². The Morgan fingerprint density at radius 2 is 2.02 bits per heavy atom. The van der Waals surface area contributed by atoms with Crippen molar-refractivity contribution in [2.75, 3.05) is 18.5 Å². The second kappa shape index (κ2) is 10.3. The number of anilines is 1. The van der Waals surface area contributed by atoms with E-state index in [1.807, 2.05) is 0 Å². The SMILES string of the molecule is O=C1C=C(c2c(-n3cnnn3)ccc(Cl)c2F)C[C@H]2CC[C@@H](c3ncc(-c4ccnc(N[C@H]5CCOC5)c4F)[nH]3)N12. The summed E-state index contributed by atoms with van der Waals surface area (Å²) in [5.41, 5.74) is 1.93. The smallest absolute Gasteiger partial charge is 0.247 e. The first kappa shape index (κ1) is 25.7. The number of aromatic nitrogens is 7. The summed E-state index contributed by atoms with van der Waals surface area (Å²) < 4.78 is 37.4. The number of carbonyl (C=O) groups excluding carboxylic acids is 1. The van der Waals surface area contributed by atoms with E-state index in [-0.39, 0.29) is 40.4 Å². The third-order valence-corrected chi connectivity index (χ3v) is 8.15. The Bertz CT molecular complexity index is 1650. The highest BCUT2D eigenvalue weighted by Gasteiger charge is 2.42. The number of carbonyl (C=O) groups is 1. The van der Waals surface area contributed by atoms with E-state index < -0.39 is 11.6 Å². The van der Waals surface area contributed by atoms with E-state index in [4.69, 9.17) is 16.3 Å². The van der Waals surface area contributed by atoms with Gasteiger partial charge in [-0.05, 0) is 59.9 Å². The highest BCUT2D eigenvalue weighted by Crippen LogP contribution is 2.44. The first-order valence-corrected chi connectivity index (χ1v) is 13.6. The van der Waals surface area contributed by atoms with Crippen molar-refractivity contribution in [1.82, 2.24) is 40.1 Å². The van der Waals surface area contributed by atoms with Crippen LogP contribution < -0.4 is 5.32 Å². The maximum atomic E-state index is 15.4. The molecule has 7 rings (SSSR count). The number of aromatic amines is 1. The summed E-state index contributed by atoms with van der Waals surface area (Å²) >= 11 is 6.12. The first-order chi connectivity index (χ1) is 20.0. The van der Waals surface area contributed by atoms with E-state index in [0.717, 1.165) is 6.42 Å². The summed E-state index contributed by atoms with van der Waals surface area (Å²) in [6.07, 6.45) is 8.45. The molecule has 1 aromatic carbocycles. The van der Waals surface area contributed by atoms with E-state index in [0.29, 0.717) is 60.8 Å². The summed E-state index contributed by atoms with van der Waals surface area (Å²) in [5, 5.41) is 14.2. The van der Waals surface area contributed by atoms with Crippen LogP contribution in [0.3, 0.4) is 0 Å². The third kappa shape index (κ3) is 4.54. The molecule has 6 heterocycles. The fourth-order valence-electron chi connectivity index (χ4n) is 5.94. The Morgan fingerprint density at radius 1 is 1.12 bits per heavy atom. The van der Waals surface area contributed by atoms with Crippen molar-refractivity contribution in [3.8, 4) is 16.9 Å². The zero-order valence-corrected chi connectivity index (χ0v) is 22.4. The van der Waals surface area contributed by atoms with Gasteiger partial charge in [-0.25, -0.2) is 18.7 Å². The average Bonchev–Trinajstić information content (AvgIpc) is 3.78. The lowest BCUT2D eigenvalue weighted by molar-refractivity contribution is -0.129. The fraction of sp³-hybridized carbons (Fsp3) is 0.333. The van der Waals surface area contributed by atoms with Crippen LogP contribution in [0.2, 0.25) is 5.02 Å². The quantitative estimate of drug-likeness (QED) is 0.350. The van der Waals surface area contributed by atoms with Gasteiger partial charge in [-0.1, -0.05) is 11.6 Å². The zero-order chi connectivity index (χ0) is 28.1. The van der Waals surface area contributed by atoms with Crippen molar-refractivity contribution >= 4 is 28.9 Å². The molecule has 3 aromatic heterocycles. The minimum Gasteiger partial charge on any atom is -0.379 e. The van der Waals surface area contributed by atoms with Crippen LogP contribution in [0.4, 0.5) is 14.6 Å². The van der Waals surface area contributed by atoms with Crippen LogP contribution in [0, 0.1) is 11.6 Å². The van der Waals surface area contributed by atoms with E-state index in [2.05, 4.69) is 35.8 Å². The molecule has 0 unspecified atom stereocenters. The number of nitrogens with zero attached hydrogens (tertiary/aromatic N) is 7. The predicted molar refractivity (Wildman–Crippen MR) is 144 cm³/mol.